The molecular formula is C2H7BP. The second kappa shape index (κ2) is 3.49. The molecule has 1 atom stereocenters. The molecule has 23 valence electrons. The van der Waals surface area contributed by atoms with Crippen molar-refractivity contribution >= 4 is 16.1 Å². The quantitative estimate of drug-likeness (QED) is 0.319. The highest BCUT2D eigenvalue weighted by atomic mass is 31.0. The summed E-state index contributed by atoms with van der Waals surface area (Å²) in [7, 11) is 2.53. The molecule has 2 heteroatoms. The Bertz CT molecular complexity index is 8.00. The molecule has 4 heavy (non-hydrogen) atoms. The van der Waals surface area contributed by atoms with Crippen LogP contribution >= 0.6 is 9.12 Å². The van der Waals surface area contributed by atoms with Crippen molar-refractivity contribution in [2.24, 2.45) is 0 Å². The molecule has 0 N–H and O–H groups in total. The maximum absolute atomic E-state index is 2.53. The van der Waals surface area contributed by atoms with Crippen LogP contribution in [-0.2, 0) is 0 Å². The standard InChI is InChI=1S/C2H7BP/c1-2-3-4/h2,4H2,1H3. The van der Waals surface area contributed by atoms with Crippen molar-refractivity contribution in [3.05, 3.63) is 0 Å². The van der Waals surface area contributed by atoms with Crippen molar-refractivity contribution in [2.75, 3.05) is 0 Å². The molecule has 0 aromatic carbocycles. The minimum absolute atomic E-state index is 1.16. The summed E-state index contributed by atoms with van der Waals surface area (Å²) in [5.74, 6) is 0. The molecule has 0 rings (SSSR count). The lowest BCUT2D eigenvalue weighted by molar-refractivity contribution is 1.48. The molecule has 1 unspecified atom stereocenters. The topological polar surface area (TPSA) is 0 Å². The molecule has 0 aliphatic carbocycles. The monoisotopic (exact) mass is 73.0 g/mol. The smallest absolute Gasteiger partial charge is 0.137 e. The van der Waals surface area contributed by atoms with E-state index in [2.05, 4.69) is 16.0 Å². The lowest BCUT2D eigenvalue weighted by atomic mass is 10.1. The highest BCUT2D eigenvalue weighted by Crippen LogP contribution is 1.77. The summed E-state index contributed by atoms with van der Waals surface area (Å²) >= 11 is 0. The van der Waals surface area contributed by atoms with Gasteiger partial charge in [0.2, 0.25) is 0 Å². The van der Waals surface area contributed by atoms with Crippen molar-refractivity contribution in [1.29, 1.82) is 0 Å². The van der Waals surface area contributed by atoms with Gasteiger partial charge in [0.15, 0.2) is 0 Å². The second-order valence-electron chi connectivity index (χ2n) is 0.644. The van der Waals surface area contributed by atoms with Gasteiger partial charge in [-0.2, -0.15) is 9.12 Å². The largest absolute Gasteiger partial charge is 0.178 e. The van der Waals surface area contributed by atoms with Crippen molar-refractivity contribution in [2.45, 2.75) is 13.2 Å². The van der Waals surface area contributed by atoms with Gasteiger partial charge in [0, 0.05) is 0 Å². The third kappa shape index (κ3) is 2.49. The van der Waals surface area contributed by atoms with E-state index in [1.54, 1.807) is 0 Å². The maximum atomic E-state index is 2.53. The fourth-order valence-corrected chi connectivity index (χ4v) is 0. The Labute approximate surface area is 30.4 Å². The fraction of sp³-hybridized carbons (Fsp3) is 1.00. The van der Waals surface area contributed by atoms with Gasteiger partial charge in [-0.05, 0) is 0 Å². The first kappa shape index (κ1) is 4.49. The highest BCUT2D eigenvalue weighted by molar-refractivity contribution is 7.55. The molecule has 0 aromatic rings. The minimum Gasteiger partial charge on any atom is -0.178 e. The Morgan fingerprint density at radius 1 is 2.00 bits per heavy atom. The molecule has 0 fully saturated rings. The van der Waals surface area contributed by atoms with Crippen LogP contribution in [0, 0.1) is 0 Å². The molecule has 0 bridgehead atoms. The molecular weight excluding hydrogens is 65.8 g/mol. The predicted molar refractivity (Wildman–Crippen MR) is 25.9 cm³/mol. The van der Waals surface area contributed by atoms with Gasteiger partial charge in [0.25, 0.3) is 0 Å². The highest BCUT2D eigenvalue weighted by Gasteiger charge is 1.61. The van der Waals surface area contributed by atoms with Crippen LogP contribution in [0.25, 0.3) is 0 Å². The van der Waals surface area contributed by atoms with Crippen LogP contribution < -0.4 is 0 Å². The summed E-state index contributed by atoms with van der Waals surface area (Å²) in [5.41, 5.74) is 0. The minimum atomic E-state index is 1.16. The zero-order valence-corrected chi connectivity index (χ0v) is 4.02. The maximum Gasteiger partial charge on any atom is 0.137 e. The van der Waals surface area contributed by atoms with Crippen molar-refractivity contribution < 1.29 is 0 Å². The molecule has 0 aliphatic heterocycles. The van der Waals surface area contributed by atoms with Crippen LogP contribution in [0.3, 0.4) is 0 Å². The third-order valence-electron chi connectivity index (χ3n) is 0.236. The van der Waals surface area contributed by atoms with Gasteiger partial charge >= 0.3 is 0 Å². The average molecular weight is 72.9 g/mol. The summed E-state index contributed by atoms with van der Waals surface area (Å²) in [6.45, 7) is 4.15. The van der Waals surface area contributed by atoms with Crippen LogP contribution in [0.5, 0.6) is 0 Å². The van der Waals surface area contributed by atoms with Crippen molar-refractivity contribution in [1.82, 2.24) is 0 Å². The van der Waals surface area contributed by atoms with E-state index in [1.165, 1.54) is 0 Å². The van der Waals surface area contributed by atoms with Crippen LogP contribution in [-0.4, -0.2) is 7.00 Å². The lowest BCUT2D eigenvalue weighted by Crippen LogP contribution is -1.60. The molecule has 0 amide bonds. The van der Waals surface area contributed by atoms with Gasteiger partial charge < -0.3 is 0 Å². The van der Waals surface area contributed by atoms with E-state index in [-0.39, 0.29) is 0 Å². The van der Waals surface area contributed by atoms with E-state index in [1.807, 2.05) is 7.00 Å². The van der Waals surface area contributed by atoms with Crippen molar-refractivity contribution in [3.63, 3.8) is 0 Å². The first-order valence-corrected chi connectivity index (χ1v) is 2.12. The van der Waals surface area contributed by atoms with Gasteiger partial charge in [-0.15, -0.1) is 0 Å². The second-order valence-corrected chi connectivity index (χ2v) is 1.12. The van der Waals surface area contributed by atoms with E-state index in [0.29, 0.717) is 0 Å². The van der Waals surface area contributed by atoms with E-state index < -0.39 is 0 Å². The number of hydrogen-bond acceptors (Lipinski definition) is 0. The number of rotatable bonds is 1. The van der Waals surface area contributed by atoms with E-state index >= 15 is 0 Å². The normalized spacial score (nSPS) is 6.50. The van der Waals surface area contributed by atoms with E-state index in [0.717, 1.165) is 6.32 Å². The SMILES string of the molecule is CC[B]P. The lowest BCUT2D eigenvalue weighted by Gasteiger charge is -1.64. The Balaban J connectivity index is 1.97. The van der Waals surface area contributed by atoms with Gasteiger partial charge in [-0.1, -0.05) is 13.2 Å². The molecule has 0 aliphatic rings. The summed E-state index contributed by atoms with van der Waals surface area (Å²) in [4.78, 5) is 0. The van der Waals surface area contributed by atoms with Gasteiger partial charge in [-0.3, -0.25) is 0 Å². The number of hydrogen-bond donors (Lipinski definition) is 0. The van der Waals surface area contributed by atoms with Crippen LogP contribution in [0.15, 0.2) is 0 Å². The molecule has 0 heterocycles. The molecule has 0 spiro atoms. The fourth-order valence-electron chi connectivity index (χ4n) is 0. The Hall–Kier alpha value is 0.495. The Morgan fingerprint density at radius 2 is 2.25 bits per heavy atom. The summed E-state index contributed by atoms with van der Waals surface area (Å²) in [6, 6.07) is 0. The van der Waals surface area contributed by atoms with E-state index in [4.69, 9.17) is 0 Å². The van der Waals surface area contributed by atoms with Crippen molar-refractivity contribution in [3.8, 4) is 0 Å². The summed E-state index contributed by atoms with van der Waals surface area (Å²) < 4.78 is 0. The van der Waals surface area contributed by atoms with Gasteiger partial charge in [0.1, 0.15) is 7.00 Å². The zero-order valence-electron chi connectivity index (χ0n) is 2.86. The first-order chi connectivity index (χ1) is 1.91. The zero-order chi connectivity index (χ0) is 3.41. The first-order valence-electron chi connectivity index (χ1n) is 1.45. The average Bonchev–Trinajstić information content (AvgIpc) is 1.37. The summed E-state index contributed by atoms with van der Waals surface area (Å²) in [5, 5.41) is 0. The molecule has 0 saturated carbocycles. The van der Waals surface area contributed by atoms with Gasteiger partial charge in [-0.25, -0.2) is 0 Å². The van der Waals surface area contributed by atoms with Crippen LogP contribution in [0.1, 0.15) is 6.92 Å². The Kier molecular flexibility index (Phi) is 3.93. The third-order valence-corrected chi connectivity index (χ3v) is 0.707. The Morgan fingerprint density at radius 3 is 2.25 bits per heavy atom. The van der Waals surface area contributed by atoms with Gasteiger partial charge in [0.05, 0.1) is 0 Å². The predicted octanol–water partition coefficient (Wildman–Crippen LogP) is 0.919. The molecule has 0 aromatic heterocycles. The van der Waals surface area contributed by atoms with Crippen LogP contribution in [0.4, 0.5) is 0 Å². The molecule has 0 saturated heterocycles. The van der Waals surface area contributed by atoms with E-state index in [9.17, 15) is 0 Å². The summed E-state index contributed by atoms with van der Waals surface area (Å²) in [6.07, 6.45) is 1.16. The molecule has 1 radical (unpaired) electrons. The van der Waals surface area contributed by atoms with Crippen LogP contribution in [0.2, 0.25) is 6.32 Å². The molecule has 0 nitrogen and oxygen atoms in total.